The summed E-state index contributed by atoms with van der Waals surface area (Å²) in [5.41, 5.74) is 3.50. The van der Waals surface area contributed by atoms with Gasteiger partial charge in [0, 0.05) is 18.1 Å². The molecule has 2 nitrogen and oxygen atoms in total. The highest BCUT2D eigenvalue weighted by Gasteiger charge is 2.00. The van der Waals surface area contributed by atoms with Crippen LogP contribution in [0.5, 0.6) is 5.75 Å². The molecule has 0 saturated heterocycles. The standard InChI is InChI=1S/C21H20ClNO/c22-21-9-5-4-8-19(21)15-23-14-17-10-12-20(13-11-17)24-16-18-6-2-1-3-7-18/h1-13,23H,14-16H2. The summed E-state index contributed by atoms with van der Waals surface area (Å²) < 4.78 is 5.80. The van der Waals surface area contributed by atoms with Crippen molar-refractivity contribution in [3.05, 3.63) is 101 Å². The summed E-state index contributed by atoms with van der Waals surface area (Å²) >= 11 is 6.16. The maximum atomic E-state index is 6.16. The molecule has 0 unspecified atom stereocenters. The van der Waals surface area contributed by atoms with Crippen molar-refractivity contribution in [3.8, 4) is 5.75 Å². The van der Waals surface area contributed by atoms with Gasteiger partial charge in [-0.15, -0.1) is 0 Å². The minimum absolute atomic E-state index is 0.588. The number of nitrogens with one attached hydrogen (secondary N) is 1. The second-order valence-corrected chi connectivity index (χ2v) is 6.02. The Kier molecular flexibility index (Phi) is 5.89. The average Bonchev–Trinajstić information content (AvgIpc) is 2.63. The molecule has 0 fully saturated rings. The predicted octanol–water partition coefficient (Wildman–Crippen LogP) is 5.21. The number of hydrogen-bond acceptors (Lipinski definition) is 2. The van der Waals surface area contributed by atoms with Crippen LogP contribution < -0.4 is 10.1 Å². The Morgan fingerprint density at radius 1 is 0.708 bits per heavy atom. The number of rotatable bonds is 7. The first kappa shape index (κ1) is 16.6. The molecule has 0 heterocycles. The molecule has 0 atom stereocenters. The van der Waals surface area contributed by atoms with E-state index in [-0.39, 0.29) is 0 Å². The van der Waals surface area contributed by atoms with Crippen molar-refractivity contribution in [2.24, 2.45) is 0 Å². The Hall–Kier alpha value is -2.29. The molecule has 122 valence electrons. The van der Waals surface area contributed by atoms with Crippen molar-refractivity contribution >= 4 is 11.6 Å². The molecule has 0 aliphatic rings. The third kappa shape index (κ3) is 4.85. The van der Waals surface area contributed by atoms with Gasteiger partial charge in [-0.05, 0) is 34.9 Å². The lowest BCUT2D eigenvalue weighted by molar-refractivity contribution is 0.306. The normalized spacial score (nSPS) is 10.5. The molecule has 3 rings (SSSR count). The zero-order valence-corrected chi connectivity index (χ0v) is 14.2. The Morgan fingerprint density at radius 3 is 2.17 bits per heavy atom. The number of halogens is 1. The monoisotopic (exact) mass is 337 g/mol. The van der Waals surface area contributed by atoms with Gasteiger partial charge in [0.15, 0.2) is 0 Å². The first-order chi connectivity index (χ1) is 11.8. The van der Waals surface area contributed by atoms with Crippen LogP contribution in [0, 0.1) is 0 Å². The van der Waals surface area contributed by atoms with Crippen LogP contribution in [0.25, 0.3) is 0 Å². The van der Waals surface area contributed by atoms with E-state index in [0.717, 1.165) is 29.4 Å². The van der Waals surface area contributed by atoms with E-state index in [1.165, 1.54) is 11.1 Å². The highest BCUT2D eigenvalue weighted by molar-refractivity contribution is 6.31. The van der Waals surface area contributed by atoms with Gasteiger partial charge in [0.1, 0.15) is 12.4 Å². The molecule has 3 aromatic carbocycles. The van der Waals surface area contributed by atoms with Crippen molar-refractivity contribution < 1.29 is 4.74 Å². The van der Waals surface area contributed by atoms with Crippen LogP contribution in [0.2, 0.25) is 5.02 Å². The van der Waals surface area contributed by atoms with E-state index in [9.17, 15) is 0 Å². The van der Waals surface area contributed by atoms with Gasteiger partial charge in [-0.25, -0.2) is 0 Å². The van der Waals surface area contributed by atoms with Crippen molar-refractivity contribution in [3.63, 3.8) is 0 Å². The zero-order chi connectivity index (χ0) is 16.6. The van der Waals surface area contributed by atoms with E-state index in [1.807, 2.05) is 54.6 Å². The molecule has 0 aromatic heterocycles. The Morgan fingerprint density at radius 2 is 1.42 bits per heavy atom. The van der Waals surface area contributed by atoms with E-state index < -0.39 is 0 Å². The van der Waals surface area contributed by atoms with Crippen molar-refractivity contribution in [1.29, 1.82) is 0 Å². The molecule has 0 bridgehead atoms. The quantitative estimate of drug-likeness (QED) is 0.639. The number of hydrogen-bond donors (Lipinski definition) is 1. The third-order valence-corrected chi connectivity index (χ3v) is 4.14. The summed E-state index contributed by atoms with van der Waals surface area (Å²) in [5.74, 6) is 0.883. The lowest BCUT2D eigenvalue weighted by Crippen LogP contribution is -2.12. The molecule has 0 aliphatic carbocycles. The van der Waals surface area contributed by atoms with E-state index in [0.29, 0.717) is 6.61 Å². The van der Waals surface area contributed by atoms with Crippen LogP contribution in [0.3, 0.4) is 0 Å². The van der Waals surface area contributed by atoms with Crippen LogP contribution in [-0.2, 0) is 19.7 Å². The van der Waals surface area contributed by atoms with Crippen LogP contribution in [0.1, 0.15) is 16.7 Å². The zero-order valence-electron chi connectivity index (χ0n) is 13.4. The second-order valence-electron chi connectivity index (χ2n) is 5.61. The van der Waals surface area contributed by atoms with Gasteiger partial charge in [0.25, 0.3) is 0 Å². The summed E-state index contributed by atoms with van der Waals surface area (Å²) in [6.07, 6.45) is 0. The molecule has 24 heavy (non-hydrogen) atoms. The summed E-state index contributed by atoms with van der Waals surface area (Å²) in [6, 6.07) is 26.3. The first-order valence-electron chi connectivity index (χ1n) is 8.01. The third-order valence-electron chi connectivity index (χ3n) is 3.77. The molecule has 0 amide bonds. The highest BCUT2D eigenvalue weighted by atomic mass is 35.5. The fourth-order valence-electron chi connectivity index (χ4n) is 2.43. The Balaban J connectivity index is 1.47. The molecule has 1 N–H and O–H groups in total. The van der Waals surface area contributed by atoms with Crippen LogP contribution >= 0.6 is 11.6 Å². The molecular weight excluding hydrogens is 318 g/mol. The maximum Gasteiger partial charge on any atom is 0.119 e. The number of ether oxygens (including phenoxy) is 1. The molecular formula is C21H20ClNO. The van der Waals surface area contributed by atoms with Gasteiger partial charge in [0.2, 0.25) is 0 Å². The smallest absolute Gasteiger partial charge is 0.119 e. The number of benzene rings is 3. The fourth-order valence-corrected chi connectivity index (χ4v) is 2.63. The fraction of sp³-hybridized carbons (Fsp3) is 0.143. The second kappa shape index (κ2) is 8.53. The van der Waals surface area contributed by atoms with Crippen LogP contribution in [0.15, 0.2) is 78.9 Å². The topological polar surface area (TPSA) is 21.3 Å². The van der Waals surface area contributed by atoms with E-state index in [4.69, 9.17) is 16.3 Å². The van der Waals surface area contributed by atoms with Crippen molar-refractivity contribution in [1.82, 2.24) is 5.32 Å². The van der Waals surface area contributed by atoms with Gasteiger partial charge < -0.3 is 10.1 Å². The summed E-state index contributed by atoms with van der Waals surface area (Å²) in [6.45, 7) is 2.14. The molecule has 3 heteroatoms. The lowest BCUT2D eigenvalue weighted by atomic mass is 10.2. The van der Waals surface area contributed by atoms with Crippen molar-refractivity contribution in [2.75, 3.05) is 0 Å². The maximum absolute atomic E-state index is 6.16. The minimum atomic E-state index is 0.588. The SMILES string of the molecule is Clc1ccccc1CNCc1ccc(OCc2ccccc2)cc1. The predicted molar refractivity (Wildman–Crippen MR) is 99.2 cm³/mol. The van der Waals surface area contributed by atoms with Crippen molar-refractivity contribution in [2.45, 2.75) is 19.7 Å². The van der Waals surface area contributed by atoms with Crippen LogP contribution in [-0.4, -0.2) is 0 Å². The lowest BCUT2D eigenvalue weighted by Gasteiger charge is -2.09. The first-order valence-corrected chi connectivity index (χ1v) is 8.39. The molecule has 0 aliphatic heterocycles. The van der Waals surface area contributed by atoms with E-state index in [2.05, 4.69) is 29.6 Å². The highest BCUT2D eigenvalue weighted by Crippen LogP contribution is 2.16. The van der Waals surface area contributed by atoms with Gasteiger partial charge in [-0.3, -0.25) is 0 Å². The molecule has 0 saturated carbocycles. The van der Waals surface area contributed by atoms with Crippen LogP contribution in [0.4, 0.5) is 0 Å². The molecule has 3 aromatic rings. The van der Waals surface area contributed by atoms with Gasteiger partial charge >= 0.3 is 0 Å². The minimum Gasteiger partial charge on any atom is -0.489 e. The largest absolute Gasteiger partial charge is 0.489 e. The molecule has 0 radical (unpaired) electrons. The van der Waals surface area contributed by atoms with E-state index >= 15 is 0 Å². The average molecular weight is 338 g/mol. The Bertz CT molecular complexity index is 756. The summed E-state index contributed by atoms with van der Waals surface area (Å²) in [4.78, 5) is 0. The van der Waals surface area contributed by atoms with Gasteiger partial charge in [-0.1, -0.05) is 72.3 Å². The van der Waals surface area contributed by atoms with Gasteiger partial charge in [-0.2, -0.15) is 0 Å². The summed E-state index contributed by atoms with van der Waals surface area (Å²) in [5, 5.41) is 4.21. The van der Waals surface area contributed by atoms with Gasteiger partial charge in [0.05, 0.1) is 0 Å². The van der Waals surface area contributed by atoms with E-state index in [1.54, 1.807) is 0 Å². The Labute approximate surface area is 148 Å². The molecule has 0 spiro atoms. The summed E-state index contributed by atoms with van der Waals surface area (Å²) in [7, 11) is 0.